The lowest BCUT2D eigenvalue weighted by molar-refractivity contribution is -0.142. The van der Waals surface area contributed by atoms with E-state index in [0.717, 1.165) is 15.8 Å². The van der Waals surface area contributed by atoms with Gasteiger partial charge < -0.3 is 9.84 Å². The summed E-state index contributed by atoms with van der Waals surface area (Å²) in [7, 11) is 0. The number of carbonyl (C=O) groups is 1. The van der Waals surface area contributed by atoms with E-state index in [1.807, 2.05) is 32.0 Å². The molecule has 104 valence electrons. The molecule has 3 atom stereocenters. The maximum Gasteiger partial charge on any atom is 0.310 e. The van der Waals surface area contributed by atoms with E-state index in [-0.39, 0.29) is 12.1 Å². The van der Waals surface area contributed by atoms with E-state index in [1.165, 1.54) is 0 Å². The van der Waals surface area contributed by atoms with Crippen molar-refractivity contribution in [2.75, 3.05) is 6.61 Å². The Labute approximate surface area is 120 Å². The van der Waals surface area contributed by atoms with Crippen LogP contribution in [-0.2, 0) is 4.79 Å². The van der Waals surface area contributed by atoms with Crippen LogP contribution in [0.1, 0.15) is 25.5 Å². The lowest BCUT2D eigenvalue weighted by Gasteiger charge is -2.18. The Morgan fingerprint density at radius 3 is 2.79 bits per heavy atom. The van der Waals surface area contributed by atoms with Gasteiger partial charge in [0.15, 0.2) is 0 Å². The maximum atomic E-state index is 11.3. The molecular formula is C13H17BrN2O3. The zero-order valence-corrected chi connectivity index (χ0v) is 12.4. The zero-order chi connectivity index (χ0) is 14.0. The highest BCUT2D eigenvalue weighted by molar-refractivity contribution is 9.10. The molecule has 1 fully saturated rings. The van der Waals surface area contributed by atoms with Crippen LogP contribution >= 0.6 is 15.9 Å². The van der Waals surface area contributed by atoms with E-state index in [1.54, 1.807) is 0 Å². The van der Waals surface area contributed by atoms with Crippen LogP contribution < -0.4 is 15.6 Å². The molecule has 1 aromatic carbocycles. The van der Waals surface area contributed by atoms with E-state index >= 15 is 0 Å². The Kier molecular flexibility index (Phi) is 4.44. The fraction of sp³-hybridized carbons (Fsp3) is 0.462. The van der Waals surface area contributed by atoms with Crippen LogP contribution in [-0.4, -0.2) is 23.7 Å². The fourth-order valence-corrected chi connectivity index (χ4v) is 2.83. The molecule has 3 N–H and O–H groups in total. The number of halogens is 1. The number of nitrogens with one attached hydrogen (secondary N) is 2. The van der Waals surface area contributed by atoms with Crippen LogP contribution in [0.4, 0.5) is 0 Å². The van der Waals surface area contributed by atoms with E-state index in [0.29, 0.717) is 6.61 Å². The molecule has 1 heterocycles. The zero-order valence-electron chi connectivity index (χ0n) is 10.8. The van der Waals surface area contributed by atoms with Crippen LogP contribution in [0.15, 0.2) is 22.7 Å². The number of hydrazine groups is 1. The summed E-state index contributed by atoms with van der Waals surface area (Å²) in [5.74, 6) is -0.540. The first-order valence-corrected chi connectivity index (χ1v) is 7.00. The SMILES string of the molecule is CCOc1ccc(C2NNC(C)C2C(=O)O)cc1Br. The van der Waals surface area contributed by atoms with Gasteiger partial charge in [-0.15, -0.1) is 0 Å². The summed E-state index contributed by atoms with van der Waals surface area (Å²) in [6, 6.07) is 5.28. The molecule has 0 aliphatic carbocycles. The molecule has 5 nitrogen and oxygen atoms in total. The van der Waals surface area contributed by atoms with Gasteiger partial charge in [0.2, 0.25) is 0 Å². The van der Waals surface area contributed by atoms with Gasteiger partial charge in [-0.05, 0) is 47.5 Å². The molecule has 1 saturated heterocycles. The molecule has 19 heavy (non-hydrogen) atoms. The van der Waals surface area contributed by atoms with Crippen LogP contribution in [0, 0.1) is 5.92 Å². The smallest absolute Gasteiger partial charge is 0.310 e. The van der Waals surface area contributed by atoms with Crippen molar-refractivity contribution in [1.82, 2.24) is 10.9 Å². The second-order valence-corrected chi connectivity index (χ2v) is 5.40. The van der Waals surface area contributed by atoms with Crippen molar-refractivity contribution in [1.29, 1.82) is 0 Å². The third-order valence-electron chi connectivity index (χ3n) is 3.26. The Balaban J connectivity index is 2.26. The van der Waals surface area contributed by atoms with Crippen LogP contribution in [0.5, 0.6) is 5.75 Å². The van der Waals surface area contributed by atoms with E-state index in [4.69, 9.17) is 4.74 Å². The molecule has 3 unspecified atom stereocenters. The molecule has 2 rings (SSSR count). The topological polar surface area (TPSA) is 70.6 Å². The molecular weight excluding hydrogens is 312 g/mol. The molecule has 0 saturated carbocycles. The number of hydrogen-bond donors (Lipinski definition) is 3. The molecule has 1 aliphatic rings. The van der Waals surface area contributed by atoms with E-state index < -0.39 is 11.9 Å². The van der Waals surface area contributed by atoms with Crippen molar-refractivity contribution in [3.8, 4) is 5.75 Å². The molecule has 0 bridgehead atoms. The highest BCUT2D eigenvalue weighted by Crippen LogP contribution is 2.33. The average molecular weight is 329 g/mol. The summed E-state index contributed by atoms with van der Waals surface area (Å²) in [4.78, 5) is 11.3. The second-order valence-electron chi connectivity index (χ2n) is 4.54. The lowest BCUT2D eigenvalue weighted by atomic mass is 9.90. The van der Waals surface area contributed by atoms with Crippen molar-refractivity contribution in [2.24, 2.45) is 5.92 Å². The van der Waals surface area contributed by atoms with Gasteiger partial charge in [-0.25, -0.2) is 5.43 Å². The largest absolute Gasteiger partial charge is 0.493 e. The summed E-state index contributed by atoms with van der Waals surface area (Å²) in [5.41, 5.74) is 6.94. The first kappa shape index (κ1) is 14.3. The van der Waals surface area contributed by atoms with Gasteiger partial charge >= 0.3 is 5.97 Å². The number of benzene rings is 1. The second kappa shape index (κ2) is 5.90. The molecule has 0 spiro atoms. The molecule has 1 aromatic rings. The number of hydrogen-bond acceptors (Lipinski definition) is 4. The third kappa shape index (κ3) is 2.91. The van der Waals surface area contributed by atoms with Gasteiger partial charge in [-0.1, -0.05) is 6.07 Å². The molecule has 6 heteroatoms. The van der Waals surface area contributed by atoms with Crippen LogP contribution in [0.2, 0.25) is 0 Å². The third-order valence-corrected chi connectivity index (χ3v) is 3.88. The van der Waals surface area contributed by atoms with E-state index in [2.05, 4.69) is 26.8 Å². The Bertz CT molecular complexity index is 481. The van der Waals surface area contributed by atoms with Gasteiger partial charge in [0.25, 0.3) is 0 Å². The number of ether oxygens (including phenoxy) is 1. The number of carboxylic acid groups (broad SMARTS) is 1. The maximum absolute atomic E-state index is 11.3. The predicted molar refractivity (Wildman–Crippen MR) is 74.9 cm³/mol. The van der Waals surface area contributed by atoms with Gasteiger partial charge in [-0.2, -0.15) is 0 Å². The fourth-order valence-electron chi connectivity index (χ4n) is 2.32. The van der Waals surface area contributed by atoms with Crippen LogP contribution in [0.3, 0.4) is 0 Å². The first-order valence-electron chi connectivity index (χ1n) is 6.20. The predicted octanol–water partition coefficient (Wildman–Crippen LogP) is 2.09. The first-order chi connectivity index (χ1) is 9.04. The minimum Gasteiger partial charge on any atom is -0.493 e. The molecule has 1 aliphatic heterocycles. The van der Waals surface area contributed by atoms with Crippen molar-refractivity contribution in [2.45, 2.75) is 25.9 Å². The van der Waals surface area contributed by atoms with Crippen molar-refractivity contribution >= 4 is 21.9 Å². The van der Waals surface area contributed by atoms with Crippen molar-refractivity contribution in [3.63, 3.8) is 0 Å². The summed E-state index contributed by atoms with van der Waals surface area (Å²) in [6.45, 7) is 4.37. The molecule has 0 amide bonds. The van der Waals surface area contributed by atoms with Crippen molar-refractivity contribution < 1.29 is 14.6 Å². The summed E-state index contributed by atoms with van der Waals surface area (Å²) < 4.78 is 6.28. The monoisotopic (exact) mass is 328 g/mol. The highest BCUT2D eigenvalue weighted by atomic mass is 79.9. The Morgan fingerprint density at radius 2 is 2.21 bits per heavy atom. The average Bonchev–Trinajstić information content (AvgIpc) is 2.74. The summed E-state index contributed by atoms with van der Waals surface area (Å²) in [5, 5.41) is 9.31. The minimum absolute atomic E-state index is 0.118. The molecule has 0 aromatic heterocycles. The minimum atomic E-state index is -0.806. The van der Waals surface area contributed by atoms with Gasteiger partial charge in [0, 0.05) is 6.04 Å². The summed E-state index contributed by atoms with van der Waals surface area (Å²) in [6.07, 6.45) is 0. The van der Waals surface area contributed by atoms with Gasteiger partial charge in [0.1, 0.15) is 5.75 Å². The number of carboxylic acids is 1. The Morgan fingerprint density at radius 1 is 1.47 bits per heavy atom. The van der Waals surface area contributed by atoms with Gasteiger partial charge in [0.05, 0.1) is 23.0 Å². The summed E-state index contributed by atoms with van der Waals surface area (Å²) >= 11 is 3.45. The van der Waals surface area contributed by atoms with Crippen molar-refractivity contribution in [3.05, 3.63) is 28.2 Å². The van der Waals surface area contributed by atoms with E-state index in [9.17, 15) is 9.90 Å². The number of rotatable bonds is 4. The standard InChI is InChI=1S/C13H17BrN2O3/c1-3-19-10-5-4-8(6-9(10)14)12-11(13(17)18)7(2)15-16-12/h4-7,11-12,15-16H,3H2,1-2H3,(H,17,18). The van der Waals surface area contributed by atoms with Crippen LogP contribution in [0.25, 0.3) is 0 Å². The highest BCUT2D eigenvalue weighted by Gasteiger charge is 2.39. The lowest BCUT2D eigenvalue weighted by Crippen LogP contribution is -2.30. The quantitative estimate of drug-likeness (QED) is 0.789. The normalized spacial score (nSPS) is 26.4. The van der Waals surface area contributed by atoms with Gasteiger partial charge in [-0.3, -0.25) is 10.2 Å². The Hall–Kier alpha value is -1.11. The number of aliphatic carboxylic acids is 1. The molecule has 0 radical (unpaired) electrons.